The zero-order valence-electron chi connectivity index (χ0n) is 12.9. The molecule has 24 heavy (non-hydrogen) atoms. The van der Waals surface area contributed by atoms with E-state index in [9.17, 15) is 19.4 Å². The van der Waals surface area contributed by atoms with E-state index in [-0.39, 0.29) is 29.3 Å². The lowest BCUT2D eigenvalue weighted by atomic mass is 9.93. The number of carbonyl (C=O) groups is 1. The van der Waals surface area contributed by atoms with Crippen LogP contribution in [0.3, 0.4) is 0 Å². The summed E-state index contributed by atoms with van der Waals surface area (Å²) in [5, 5.41) is 19.7. The molecule has 2 aliphatic rings. The first kappa shape index (κ1) is 15.0. The molecule has 0 saturated carbocycles. The standard InChI is InChI=1S/C18H17FN2O3/c19-13-4-1-11(2-5-13)8-21-10-20-9-12-3-6-16(22)17(23)14(12)7-15(20)18(21)24/h1-6,15,22-23H,7-10H2/t15-/m0/s1. The van der Waals surface area contributed by atoms with Gasteiger partial charge >= 0.3 is 0 Å². The Morgan fingerprint density at radius 2 is 1.88 bits per heavy atom. The van der Waals surface area contributed by atoms with Crippen molar-refractivity contribution in [3.05, 3.63) is 58.9 Å². The lowest BCUT2D eigenvalue weighted by molar-refractivity contribution is -0.129. The Labute approximate surface area is 138 Å². The zero-order chi connectivity index (χ0) is 16.8. The molecule has 0 radical (unpaired) electrons. The second-order valence-electron chi connectivity index (χ2n) is 6.34. The first-order valence-electron chi connectivity index (χ1n) is 7.83. The highest BCUT2D eigenvalue weighted by Crippen LogP contribution is 2.38. The molecule has 2 aromatic carbocycles. The van der Waals surface area contributed by atoms with Crippen LogP contribution in [0.4, 0.5) is 4.39 Å². The molecule has 0 aliphatic carbocycles. The summed E-state index contributed by atoms with van der Waals surface area (Å²) in [4.78, 5) is 16.5. The summed E-state index contributed by atoms with van der Waals surface area (Å²) in [6.07, 6.45) is 0.383. The van der Waals surface area contributed by atoms with Crippen LogP contribution in [0.1, 0.15) is 16.7 Å². The molecule has 0 aromatic heterocycles. The Balaban J connectivity index is 1.56. The lowest BCUT2D eigenvalue weighted by Crippen LogP contribution is -2.38. The number of halogens is 1. The van der Waals surface area contributed by atoms with Gasteiger partial charge in [0.05, 0.1) is 12.7 Å². The van der Waals surface area contributed by atoms with Crippen LogP contribution in [0.2, 0.25) is 0 Å². The van der Waals surface area contributed by atoms with Crippen molar-refractivity contribution in [2.45, 2.75) is 25.6 Å². The van der Waals surface area contributed by atoms with Gasteiger partial charge in [-0.15, -0.1) is 0 Å². The Morgan fingerprint density at radius 3 is 2.62 bits per heavy atom. The van der Waals surface area contributed by atoms with Crippen molar-refractivity contribution in [3.8, 4) is 11.5 Å². The van der Waals surface area contributed by atoms with Gasteiger partial charge in [0.2, 0.25) is 5.91 Å². The topological polar surface area (TPSA) is 64.0 Å². The molecule has 2 aromatic rings. The summed E-state index contributed by atoms with van der Waals surface area (Å²) in [5.41, 5.74) is 2.45. The molecule has 1 atom stereocenters. The van der Waals surface area contributed by atoms with Crippen molar-refractivity contribution in [1.29, 1.82) is 0 Å². The monoisotopic (exact) mass is 328 g/mol. The molecule has 2 aliphatic heterocycles. The van der Waals surface area contributed by atoms with E-state index in [2.05, 4.69) is 4.90 Å². The number of carbonyl (C=O) groups excluding carboxylic acids is 1. The summed E-state index contributed by atoms with van der Waals surface area (Å²) < 4.78 is 13.0. The van der Waals surface area contributed by atoms with Crippen molar-refractivity contribution < 1.29 is 19.4 Å². The number of hydrogen-bond acceptors (Lipinski definition) is 4. The third-order valence-corrected chi connectivity index (χ3v) is 4.81. The number of benzene rings is 2. The molecule has 124 valence electrons. The minimum atomic E-state index is -0.328. The van der Waals surface area contributed by atoms with Gasteiger partial charge in [-0.25, -0.2) is 4.39 Å². The molecule has 6 heteroatoms. The highest BCUT2D eigenvalue weighted by molar-refractivity contribution is 5.84. The SMILES string of the molecule is O=C1[C@@H]2Cc3c(ccc(O)c3O)CN2CN1Cc1ccc(F)cc1. The van der Waals surface area contributed by atoms with Gasteiger partial charge in [-0.3, -0.25) is 9.69 Å². The number of aromatic hydroxyl groups is 2. The smallest absolute Gasteiger partial charge is 0.241 e. The van der Waals surface area contributed by atoms with E-state index in [4.69, 9.17) is 0 Å². The highest BCUT2D eigenvalue weighted by atomic mass is 19.1. The van der Waals surface area contributed by atoms with Crippen LogP contribution in [-0.4, -0.2) is 38.6 Å². The number of phenolic OH excluding ortho intramolecular Hbond substituents is 2. The molecular formula is C18H17FN2O3. The molecule has 5 nitrogen and oxygen atoms in total. The minimum Gasteiger partial charge on any atom is -0.504 e. The van der Waals surface area contributed by atoms with Crippen molar-refractivity contribution in [2.75, 3.05) is 6.67 Å². The third-order valence-electron chi connectivity index (χ3n) is 4.81. The number of hydrogen-bond donors (Lipinski definition) is 2. The third kappa shape index (κ3) is 2.39. The van der Waals surface area contributed by atoms with Gasteiger partial charge in [-0.05, 0) is 29.3 Å². The molecule has 0 unspecified atom stereocenters. The summed E-state index contributed by atoms with van der Waals surface area (Å²) in [6, 6.07) is 9.07. The number of fused-ring (bicyclic) bond motifs is 2. The van der Waals surface area contributed by atoms with E-state index >= 15 is 0 Å². The number of rotatable bonds is 2. The van der Waals surface area contributed by atoms with Crippen LogP contribution in [0.5, 0.6) is 11.5 Å². The fraction of sp³-hybridized carbons (Fsp3) is 0.278. The van der Waals surface area contributed by atoms with E-state index in [0.717, 1.165) is 11.1 Å². The van der Waals surface area contributed by atoms with Crippen molar-refractivity contribution in [2.24, 2.45) is 0 Å². The first-order valence-corrected chi connectivity index (χ1v) is 7.83. The average Bonchev–Trinajstić information content (AvgIpc) is 2.87. The molecule has 4 rings (SSSR count). The molecule has 1 fully saturated rings. The van der Waals surface area contributed by atoms with Crippen LogP contribution in [-0.2, 0) is 24.3 Å². The van der Waals surface area contributed by atoms with Crippen LogP contribution in [0.25, 0.3) is 0 Å². The maximum Gasteiger partial charge on any atom is 0.241 e. The minimum absolute atomic E-state index is 0.00674. The van der Waals surface area contributed by atoms with E-state index < -0.39 is 0 Å². The number of amides is 1. The molecule has 1 amide bonds. The van der Waals surface area contributed by atoms with Gasteiger partial charge in [0, 0.05) is 25.1 Å². The second-order valence-corrected chi connectivity index (χ2v) is 6.34. The lowest BCUT2D eigenvalue weighted by Gasteiger charge is -2.29. The maximum atomic E-state index is 13.0. The van der Waals surface area contributed by atoms with Crippen LogP contribution in [0.15, 0.2) is 36.4 Å². The van der Waals surface area contributed by atoms with Crippen molar-refractivity contribution in [1.82, 2.24) is 9.80 Å². The summed E-state index contributed by atoms with van der Waals surface area (Å²) in [7, 11) is 0. The number of phenols is 2. The molecule has 2 N–H and O–H groups in total. The fourth-order valence-corrected chi connectivity index (χ4v) is 3.52. The first-order chi connectivity index (χ1) is 11.5. The Hall–Kier alpha value is -2.60. The number of nitrogens with zero attached hydrogens (tertiary/aromatic N) is 2. The van der Waals surface area contributed by atoms with Crippen LogP contribution >= 0.6 is 0 Å². The van der Waals surface area contributed by atoms with E-state index in [0.29, 0.717) is 31.7 Å². The highest BCUT2D eigenvalue weighted by Gasteiger charge is 2.42. The summed E-state index contributed by atoms with van der Waals surface area (Å²) in [6.45, 7) is 1.49. The summed E-state index contributed by atoms with van der Waals surface area (Å²) >= 11 is 0. The molecular weight excluding hydrogens is 311 g/mol. The summed E-state index contributed by atoms with van der Waals surface area (Å²) in [5.74, 6) is -0.588. The van der Waals surface area contributed by atoms with E-state index in [1.165, 1.54) is 18.2 Å². The van der Waals surface area contributed by atoms with Crippen LogP contribution in [0, 0.1) is 5.82 Å². The van der Waals surface area contributed by atoms with Gasteiger partial charge in [0.15, 0.2) is 11.5 Å². The van der Waals surface area contributed by atoms with Crippen LogP contribution < -0.4 is 0 Å². The van der Waals surface area contributed by atoms with Gasteiger partial charge in [0.25, 0.3) is 0 Å². The molecule has 2 heterocycles. The largest absolute Gasteiger partial charge is 0.504 e. The normalized spacial score (nSPS) is 20.1. The average molecular weight is 328 g/mol. The zero-order valence-corrected chi connectivity index (χ0v) is 12.9. The Morgan fingerprint density at radius 1 is 1.12 bits per heavy atom. The molecule has 0 bridgehead atoms. The predicted molar refractivity (Wildman–Crippen MR) is 84.6 cm³/mol. The van der Waals surface area contributed by atoms with Gasteiger partial charge in [0.1, 0.15) is 5.82 Å². The molecule has 1 saturated heterocycles. The predicted octanol–water partition coefficient (Wildman–Crippen LogP) is 1.96. The van der Waals surface area contributed by atoms with E-state index in [1.807, 2.05) is 0 Å². The Kier molecular flexibility index (Phi) is 3.42. The van der Waals surface area contributed by atoms with Gasteiger partial charge < -0.3 is 15.1 Å². The Bertz CT molecular complexity index is 807. The quantitative estimate of drug-likeness (QED) is 0.827. The van der Waals surface area contributed by atoms with Crippen molar-refractivity contribution in [3.63, 3.8) is 0 Å². The maximum absolute atomic E-state index is 13.0. The van der Waals surface area contributed by atoms with Crippen molar-refractivity contribution >= 4 is 5.91 Å². The van der Waals surface area contributed by atoms with E-state index in [1.54, 1.807) is 23.1 Å². The second kappa shape index (κ2) is 5.49. The van der Waals surface area contributed by atoms with Gasteiger partial charge in [-0.2, -0.15) is 0 Å². The van der Waals surface area contributed by atoms with Gasteiger partial charge in [-0.1, -0.05) is 18.2 Å². The molecule has 0 spiro atoms. The fourth-order valence-electron chi connectivity index (χ4n) is 3.52.